The molecule has 0 aliphatic carbocycles. The molecule has 2 saturated heterocycles. The van der Waals surface area contributed by atoms with Gasteiger partial charge in [-0.15, -0.1) is 0 Å². The Morgan fingerprint density at radius 3 is 2.88 bits per heavy atom. The molecule has 6 heteroatoms. The van der Waals surface area contributed by atoms with Crippen molar-refractivity contribution in [3.8, 4) is 0 Å². The van der Waals surface area contributed by atoms with Crippen LogP contribution in [0.1, 0.15) is 6.42 Å². The van der Waals surface area contributed by atoms with Crippen molar-refractivity contribution in [2.45, 2.75) is 12.0 Å². The normalized spacial score (nSPS) is 30.4. The van der Waals surface area contributed by atoms with Gasteiger partial charge in [-0.25, -0.2) is 0 Å². The van der Waals surface area contributed by atoms with Crippen LogP contribution >= 0.6 is 0 Å². The highest BCUT2D eigenvalue weighted by Gasteiger charge is 2.32. The predicted molar refractivity (Wildman–Crippen MR) is 62.7 cm³/mol. The van der Waals surface area contributed by atoms with Crippen molar-refractivity contribution in [2.75, 3.05) is 52.5 Å². The number of nitrogens with zero attached hydrogens (tertiary/aromatic N) is 1. The van der Waals surface area contributed by atoms with E-state index in [9.17, 15) is 9.90 Å². The number of hydrogen-bond donors (Lipinski definition) is 3. The molecule has 2 aliphatic heterocycles. The van der Waals surface area contributed by atoms with Crippen molar-refractivity contribution < 1.29 is 14.6 Å². The molecule has 3 N–H and O–H groups in total. The molecule has 2 rings (SSSR count). The summed E-state index contributed by atoms with van der Waals surface area (Å²) in [7, 11) is 0. The van der Waals surface area contributed by atoms with Crippen molar-refractivity contribution in [2.24, 2.45) is 0 Å². The van der Waals surface area contributed by atoms with Crippen LogP contribution in [0.15, 0.2) is 0 Å². The van der Waals surface area contributed by atoms with E-state index in [1.165, 1.54) is 0 Å². The largest absolute Gasteiger partial charge is 0.386 e. The topological polar surface area (TPSA) is 73.8 Å². The average Bonchev–Trinajstić information content (AvgIpc) is 2.76. The van der Waals surface area contributed by atoms with Crippen LogP contribution in [0.3, 0.4) is 0 Å². The molecular weight excluding hydrogens is 222 g/mol. The summed E-state index contributed by atoms with van der Waals surface area (Å²) in [5.74, 6) is -0.0211. The summed E-state index contributed by atoms with van der Waals surface area (Å²) in [5, 5.41) is 16.0. The van der Waals surface area contributed by atoms with Gasteiger partial charge in [0.15, 0.2) is 0 Å². The second-order valence-corrected chi connectivity index (χ2v) is 4.83. The van der Waals surface area contributed by atoms with Gasteiger partial charge in [0, 0.05) is 45.8 Å². The van der Waals surface area contributed by atoms with E-state index in [0.717, 1.165) is 26.2 Å². The Labute approximate surface area is 101 Å². The molecular formula is C11H21N3O3. The van der Waals surface area contributed by atoms with Crippen molar-refractivity contribution in [3.05, 3.63) is 0 Å². The lowest BCUT2D eigenvalue weighted by Crippen LogP contribution is -2.50. The molecule has 0 spiro atoms. The second kappa shape index (κ2) is 5.77. The average molecular weight is 243 g/mol. The fourth-order valence-electron chi connectivity index (χ4n) is 2.13. The molecule has 1 unspecified atom stereocenters. The Bertz CT molecular complexity index is 261. The number of nitrogens with one attached hydrogen (secondary N) is 2. The predicted octanol–water partition coefficient (Wildman–Crippen LogP) is -1.84. The Balaban J connectivity index is 1.66. The minimum atomic E-state index is -0.862. The van der Waals surface area contributed by atoms with Crippen LogP contribution in [0, 0.1) is 0 Å². The lowest BCUT2D eigenvalue weighted by molar-refractivity contribution is -0.123. The van der Waals surface area contributed by atoms with Gasteiger partial charge in [0.05, 0.1) is 13.2 Å². The van der Waals surface area contributed by atoms with Gasteiger partial charge in [0.1, 0.15) is 5.60 Å². The van der Waals surface area contributed by atoms with E-state index in [1.54, 1.807) is 0 Å². The third-order valence-corrected chi connectivity index (χ3v) is 3.27. The molecule has 0 aromatic heterocycles. The molecule has 98 valence electrons. The zero-order chi connectivity index (χ0) is 12.1. The molecule has 17 heavy (non-hydrogen) atoms. The van der Waals surface area contributed by atoms with Gasteiger partial charge >= 0.3 is 0 Å². The molecule has 0 radical (unpaired) electrons. The zero-order valence-corrected chi connectivity index (χ0v) is 10.1. The van der Waals surface area contributed by atoms with Crippen LogP contribution in [0.25, 0.3) is 0 Å². The van der Waals surface area contributed by atoms with E-state index >= 15 is 0 Å². The van der Waals surface area contributed by atoms with E-state index < -0.39 is 5.60 Å². The summed E-state index contributed by atoms with van der Waals surface area (Å²) in [6, 6.07) is 0. The number of carbonyl (C=O) groups excluding carboxylic acids is 1. The third kappa shape index (κ3) is 3.92. The van der Waals surface area contributed by atoms with Crippen molar-refractivity contribution in [1.29, 1.82) is 0 Å². The molecule has 0 saturated carbocycles. The SMILES string of the molecule is O=C(CN1CCNCC1)NCC1(O)CCOC1. The molecule has 0 aromatic carbocycles. The number of hydrogen-bond acceptors (Lipinski definition) is 5. The van der Waals surface area contributed by atoms with Crippen molar-refractivity contribution in [1.82, 2.24) is 15.5 Å². The lowest BCUT2D eigenvalue weighted by atomic mass is 10.0. The summed E-state index contributed by atoms with van der Waals surface area (Å²) in [5.41, 5.74) is -0.862. The Hall–Kier alpha value is -0.690. The first-order valence-corrected chi connectivity index (χ1v) is 6.18. The maximum absolute atomic E-state index is 11.7. The number of aliphatic hydroxyl groups is 1. The molecule has 6 nitrogen and oxygen atoms in total. The summed E-state index contributed by atoms with van der Waals surface area (Å²) >= 11 is 0. The number of amides is 1. The lowest BCUT2D eigenvalue weighted by Gasteiger charge is -2.27. The fourth-order valence-corrected chi connectivity index (χ4v) is 2.13. The number of ether oxygens (including phenoxy) is 1. The van der Waals surface area contributed by atoms with Crippen LogP contribution in [0.2, 0.25) is 0 Å². The minimum Gasteiger partial charge on any atom is -0.386 e. The fraction of sp³-hybridized carbons (Fsp3) is 0.909. The number of piperazine rings is 1. The van der Waals surface area contributed by atoms with Crippen LogP contribution in [0.4, 0.5) is 0 Å². The maximum Gasteiger partial charge on any atom is 0.234 e. The van der Waals surface area contributed by atoms with Crippen LogP contribution in [-0.2, 0) is 9.53 Å². The first-order valence-electron chi connectivity index (χ1n) is 6.18. The Kier molecular flexibility index (Phi) is 4.33. The Morgan fingerprint density at radius 1 is 1.47 bits per heavy atom. The molecule has 2 heterocycles. The molecule has 1 amide bonds. The quantitative estimate of drug-likeness (QED) is 0.541. The highest BCUT2D eigenvalue weighted by Crippen LogP contribution is 2.16. The minimum absolute atomic E-state index is 0.0211. The zero-order valence-electron chi connectivity index (χ0n) is 10.1. The van der Waals surface area contributed by atoms with Crippen LogP contribution in [0.5, 0.6) is 0 Å². The van der Waals surface area contributed by atoms with E-state index in [4.69, 9.17) is 4.74 Å². The summed E-state index contributed by atoms with van der Waals surface area (Å²) in [6.07, 6.45) is 0.598. The molecule has 0 aromatic rings. The van der Waals surface area contributed by atoms with Crippen LogP contribution in [-0.4, -0.2) is 74.0 Å². The van der Waals surface area contributed by atoms with Gasteiger partial charge < -0.3 is 20.5 Å². The van der Waals surface area contributed by atoms with E-state index in [1.807, 2.05) is 0 Å². The third-order valence-electron chi connectivity index (χ3n) is 3.27. The van der Waals surface area contributed by atoms with Gasteiger partial charge in [-0.05, 0) is 0 Å². The van der Waals surface area contributed by atoms with Gasteiger partial charge in [0.25, 0.3) is 0 Å². The van der Waals surface area contributed by atoms with Crippen LogP contribution < -0.4 is 10.6 Å². The van der Waals surface area contributed by atoms with Gasteiger partial charge in [-0.1, -0.05) is 0 Å². The standard InChI is InChI=1S/C11H21N3O3/c15-10(7-14-4-2-12-3-5-14)13-8-11(16)1-6-17-9-11/h12,16H,1-9H2,(H,13,15). The summed E-state index contributed by atoms with van der Waals surface area (Å²) in [4.78, 5) is 13.8. The second-order valence-electron chi connectivity index (χ2n) is 4.83. The van der Waals surface area contributed by atoms with Gasteiger partial charge in [-0.2, -0.15) is 0 Å². The first kappa shape index (κ1) is 12.8. The van der Waals surface area contributed by atoms with E-state index in [-0.39, 0.29) is 12.5 Å². The molecule has 2 aliphatic rings. The maximum atomic E-state index is 11.7. The molecule has 2 fully saturated rings. The smallest absolute Gasteiger partial charge is 0.234 e. The summed E-state index contributed by atoms with van der Waals surface area (Å²) in [6.45, 7) is 5.28. The summed E-state index contributed by atoms with van der Waals surface area (Å²) < 4.78 is 5.12. The number of carbonyl (C=O) groups is 1. The van der Waals surface area contributed by atoms with E-state index in [2.05, 4.69) is 15.5 Å². The van der Waals surface area contributed by atoms with Gasteiger partial charge in [-0.3, -0.25) is 9.69 Å². The highest BCUT2D eigenvalue weighted by atomic mass is 16.5. The molecule has 1 atom stereocenters. The molecule has 0 bridgehead atoms. The first-order chi connectivity index (χ1) is 8.18. The van der Waals surface area contributed by atoms with E-state index in [0.29, 0.717) is 26.2 Å². The van der Waals surface area contributed by atoms with Crippen molar-refractivity contribution >= 4 is 5.91 Å². The highest BCUT2D eigenvalue weighted by molar-refractivity contribution is 5.78. The monoisotopic (exact) mass is 243 g/mol. The van der Waals surface area contributed by atoms with Gasteiger partial charge in [0.2, 0.25) is 5.91 Å². The Morgan fingerprint density at radius 2 is 2.24 bits per heavy atom. The van der Waals surface area contributed by atoms with Crippen molar-refractivity contribution in [3.63, 3.8) is 0 Å². The number of rotatable bonds is 4.